The van der Waals surface area contributed by atoms with Crippen molar-refractivity contribution in [3.8, 4) is 11.6 Å². The Bertz CT molecular complexity index is 781. The second-order valence-corrected chi connectivity index (χ2v) is 6.13. The molecule has 0 aliphatic carbocycles. The Morgan fingerprint density at radius 1 is 0.880 bits per heavy atom. The van der Waals surface area contributed by atoms with Crippen LogP contribution in [-0.4, -0.2) is 15.2 Å². The molecule has 0 atom stereocenters. The highest BCUT2D eigenvalue weighted by Gasteiger charge is 2.11. The van der Waals surface area contributed by atoms with Crippen LogP contribution in [0.15, 0.2) is 65.7 Å². The Morgan fingerprint density at radius 2 is 1.68 bits per heavy atom. The lowest BCUT2D eigenvalue weighted by Gasteiger charge is -2.03. The van der Waals surface area contributed by atoms with Crippen molar-refractivity contribution in [3.05, 3.63) is 72.8 Å². The van der Waals surface area contributed by atoms with Crippen LogP contribution in [0.4, 0.5) is 0 Å². The topological polar surface area (TPSA) is 51.8 Å². The summed E-state index contributed by atoms with van der Waals surface area (Å²) in [7, 11) is 0. The van der Waals surface area contributed by atoms with Crippen LogP contribution >= 0.6 is 0 Å². The van der Waals surface area contributed by atoms with Gasteiger partial charge in [0, 0.05) is 11.8 Å². The third-order valence-electron chi connectivity index (χ3n) is 4.15. The first-order chi connectivity index (χ1) is 12.3. The monoisotopic (exact) mass is 333 g/mol. The van der Waals surface area contributed by atoms with Crippen LogP contribution in [0.3, 0.4) is 0 Å². The molecule has 4 heteroatoms. The molecular formula is C21H23N3O. The minimum atomic E-state index is 0.444. The van der Waals surface area contributed by atoms with Gasteiger partial charge in [-0.05, 0) is 43.4 Å². The zero-order chi connectivity index (χ0) is 17.3. The van der Waals surface area contributed by atoms with Crippen molar-refractivity contribution >= 4 is 5.57 Å². The van der Waals surface area contributed by atoms with E-state index in [-0.39, 0.29) is 0 Å². The van der Waals surface area contributed by atoms with Gasteiger partial charge in [-0.3, -0.25) is 4.98 Å². The van der Waals surface area contributed by atoms with Crippen LogP contribution in [0, 0.1) is 0 Å². The maximum atomic E-state index is 5.68. The number of hydrogen-bond acceptors (Lipinski definition) is 4. The number of benzene rings is 1. The summed E-state index contributed by atoms with van der Waals surface area (Å²) in [5.41, 5.74) is 3.01. The number of allylic oxidation sites excluding steroid dienone is 1. The van der Waals surface area contributed by atoms with Gasteiger partial charge in [0.1, 0.15) is 5.69 Å². The maximum absolute atomic E-state index is 5.68. The van der Waals surface area contributed by atoms with Gasteiger partial charge in [0.2, 0.25) is 5.89 Å². The third-order valence-corrected chi connectivity index (χ3v) is 4.15. The largest absolute Gasteiger partial charge is 0.415 e. The standard InChI is InChI=1S/C21H23N3O/c1-17(11-5-2-3-6-12-18-13-7-4-8-14-18)20-23-24-21(25-20)19-15-9-10-16-22-19/h4,7-10,13-16H,1-3,5-6,11-12H2. The molecule has 0 saturated carbocycles. The number of aromatic nitrogens is 3. The van der Waals surface area contributed by atoms with Crippen molar-refractivity contribution < 1.29 is 4.42 Å². The normalized spacial score (nSPS) is 10.7. The van der Waals surface area contributed by atoms with Crippen LogP contribution in [0.25, 0.3) is 17.2 Å². The van der Waals surface area contributed by atoms with E-state index in [1.54, 1.807) is 6.20 Å². The summed E-state index contributed by atoms with van der Waals surface area (Å²) in [6, 6.07) is 16.3. The lowest BCUT2D eigenvalue weighted by atomic mass is 10.0. The molecule has 128 valence electrons. The van der Waals surface area contributed by atoms with Gasteiger partial charge >= 0.3 is 0 Å². The molecule has 0 aliphatic rings. The molecule has 3 rings (SSSR count). The fourth-order valence-electron chi connectivity index (χ4n) is 2.73. The fourth-order valence-corrected chi connectivity index (χ4v) is 2.73. The Labute approximate surface area is 148 Å². The number of aryl methyl sites for hydroxylation is 1. The smallest absolute Gasteiger partial charge is 0.266 e. The van der Waals surface area contributed by atoms with Crippen molar-refractivity contribution in [1.29, 1.82) is 0 Å². The summed E-state index contributed by atoms with van der Waals surface area (Å²) < 4.78 is 5.68. The van der Waals surface area contributed by atoms with E-state index in [2.05, 4.69) is 52.1 Å². The number of unbranched alkanes of at least 4 members (excludes halogenated alkanes) is 3. The third kappa shape index (κ3) is 5.11. The molecule has 0 bridgehead atoms. The maximum Gasteiger partial charge on any atom is 0.266 e. The number of nitrogens with zero attached hydrogens (tertiary/aromatic N) is 3. The SMILES string of the molecule is C=C(CCCCCCc1ccccc1)c1nnc(-c2ccccn2)o1. The van der Waals surface area contributed by atoms with E-state index in [0.717, 1.165) is 24.8 Å². The van der Waals surface area contributed by atoms with Crippen LogP contribution in [0.2, 0.25) is 0 Å². The zero-order valence-corrected chi connectivity index (χ0v) is 14.4. The molecule has 1 aromatic carbocycles. The average molecular weight is 333 g/mol. The minimum Gasteiger partial charge on any atom is -0.415 e. The predicted molar refractivity (Wildman–Crippen MR) is 99.8 cm³/mol. The molecule has 0 fully saturated rings. The van der Waals surface area contributed by atoms with Crippen molar-refractivity contribution in [3.63, 3.8) is 0 Å². The summed E-state index contributed by atoms with van der Waals surface area (Å²) in [6.45, 7) is 4.08. The first kappa shape index (κ1) is 17.1. The fraction of sp³-hybridized carbons (Fsp3) is 0.286. The van der Waals surface area contributed by atoms with Gasteiger partial charge in [-0.1, -0.05) is 55.8 Å². The number of pyridine rings is 1. The average Bonchev–Trinajstić information content (AvgIpc) is 3.16. The summed E-state index contributed by atoms with van der Waals surface area (Å²) in [5.74, 6) is 0.963. The van der Waals surface area contributed by atoms with Crippen LogP contribution in [-0.2, 0) is 6.42 Å². The molecule has 4 nitrogen and oxygen atoms in total. The number of rotatable bonds is 9. The molecule has 0 aliphatic heterocycles. The minimum absolute atomic E-state index is 0.444. The van der Waals surface area contributed by atoms with Crippen molar-refractivity contribution in [1.82, 2.24) is 15.2 Å². The Balaban J connectivity index is 1.37. The van der Waals surface area contributed by atoms with Crippen LogP contribution < -0.4 is 0 Å². The lowest BCUT2D eigenvalue weighted by molar-refractivity contribution is 0.545. The van der Waals surface area contributed by atoms with Gasteiger partial charge in [-0.2, -0.15) is 0 Å². The molecule has 0 radical (unpaired) electrons. The summed E-state index contributed by atoms with van der Waals surface area (Å²) in [4.78, 5) is 4.22. The van der Waals surface area contributed by atoms with Crippen LogP contribution in [0.5, 0.6) is 0 Å². The Morgan fingerprint density at radius 3 is 2.48 bits per heavy atom. The zero-order valence-electron chi connectivity index (χ0n) is 14.4. The molecular weight excluding hydrogens is 310 g/mol. The van der Waals surface area contributed by atoms with E-state index >= 15 is 0 Å². The highest BCUT2D eigenvalue weighted by Crippen LogP contribution is 2.22. The lowest BCUT2D eigenvalue weighted by Crippen LogP contribution is -1.87. The van der Waals surface area contributed by atoms with E-state index < -0.39 is 0 Å². The highest BCUT2D eigenvalue weighted by atomic mass is 16.4. The van der Waals surface area contributed by atoms with E-state index in [9.17, 15) is 0 Å². The molecule has 0 spiro atoms. The van der Waals surface area contributed by atoms with Gasteiger partial charge in [-0.15, -0.1) is 10.2 Å². The quantitative estimate of drug-likeness (QED) is 0.496. The molecule has 0 unspecified atom stereocenters. The molecule has 3 aromatic rings. The van der Waals surface area contributed by atoms with Gasteiger partial charge in [0.15, 0.2) is 0 Å². The van der Waals surface area contributed by atoms with Crippen molar-refractivity contribution in [2.75, 3.05) is 0 Å². The number of hydrogen-bond donors (Lipinski definition) is 0. The summed E-state index contributed by atoms with van der Waals surface area (Å²) in [6.07, 6.45) is 8.48. The second kappa shape index (κ2) is 8.92. The van der Waals surface area contributed by atoms with E-state index in [1.165, 1.54) is 24.8 Å². The van der Waals surface area contributed by atoms with E-state index in [4.69, 9.17) is 4.42 Å². The Hall–Kier alpha value is -2.75. The van der Waals surface area contributed by atoms with Crippen LogP contribution in [0.1, 0.15) is 43.6 Å². The van der Waals surface area contributed by atoms with E-state index in [1.807, 2.05) is 18.2 Å². The highest BCUT2D eigenvalue weighted by molar-refractivity contribution is 5.56. The molecule has 2 aromatic heterocycles. The van der Waals surface area contributed by atoms with Crippen molar-refractivity contribution in [2.24, 2.45) is 0 Å². The molecule has 0 N–H and O–H groups in total. The molecule has 25 heavy (non-hydrogen) atoms. The second-order valence-electron chi connectivity index (χ2n) is 6.13. The Kier molecular flexibility index (Phi) is 6.10. The van der Waals surface area contributed by atoms with Gasteiger partial charge in [0.25, 0.3) is 5.89 Å². The summed E-state index contributed by atoms with van der Waals surface area (Å²) in [5, 5.41) is 8.15. The van der Waals surface area contributed by atoms with Gasteiger partial charge in [-0.25, -0.2) is 0 Å². The predicted octanol–water partition coefficient (Wildman–Crippen LogP) is 5.34. The first-order valence-corrected chi connectivity index (χ1v) is 8.80. The molecule has 0 amide bonds. The van der Waals surface area contributed by atoms with Gasteiger partial charge < -0.3 is 4.42 Å². The first-order valence-electron chi connectivity index (χ1n) is 8.80. The molecule has 2 heterocycles. The van der Waals surface area contributed by atoms with Crippen molar-refractivity contribution in [2.45, 2.75) is 38.5 Å². The van der Waals surface area contributed by atoms with Gasteiger partial charge in [0.05, 0.1) is 0 Å². The summed E-state index contributed by atoms with van der Waals surface area (Å²) >= 11 is 0. The van der Waals surface area contributed by atoms with E-state index in [0.29, 0.717) is 17.5 Å². The molecule has 0 saturated heterocycles.